The van der Waals surface area contributed by atoms with Gasteiger partial charge in [-0.3, -0.25) is 4.79 Å². The number of aryl methyl sites for hydroxylation is 2. The van der Waals surface area contributed by atoms with Crippen LogP contribution in [0.2, 0.25) is 0 Å². The van der Waals surface area contributed by atoms with E-state index in [4.69, 9.17) is 0 Å². The molecular formula is C21H25NOS. The van der Waals surface area contributed by atoms with Crippen molar-refractivity contribution in [3.63, 3.8) is 0 Å². The van der Waals surface area contributed by atoms with Gasteiger partial charge in [0, 0.05) is 4.90 Å². The van der Waals surface area contributed by atoms with Crippen molar-refractivity contribution in [2.24, 2.45) is 0 Å². The molecule has 0 fully saturated rings. The second-order valence-corrected chi connectivity index (χ2v) is 7.22. The zero-order chi connectivity index (χ0) is 16.9. The zero-order valence-electron chi connectivity index (χ0n) is 14.5. The van der Waals surface area contributed by atoms with Gasteiger partial charge in [-0.05, 0) is 67.2 Å². The monoisotopic (exact) mass is 339 g/mol. The fourth-order valence-corrected chi connectivity index (χ4v) is 4.05. The van der Waals surface area contributed by atoms with E-state index in [1.807, 2.05) is 30.5 Å². The van der Waals surface area contributed by atoms with Crippen molar-refractivity contribution in [2.45, 2.75) is 50.0 Å². The number of carbonyl (C=O) groups is 1. The smallest absolute Gasteiger partial charge is 0.252 e. The van der Waals surface area contributed by atoms with Gasteiger partial charge < -0.3 is 5.32 Å². The second kappa shape index (κ2) is 7.89. The molecular weight excluding hydrogens is 314 g/mol. The molecule has 0 heterocycles. The second-order valence-electron chi connectivity index (χ2n) is 6.37. The van der Waals surface area contributed by atoms with E-state index < -0.39 is 0 Å². The van der Waals surface area contributed by atoms with Gasteiger partial charge in [-0.25, -0.2) is 0 Å². The van der Waals surface area contributed by atoms with Gasteiger partial charge in [-0.2, -0.15) is 0 Å². The van der Waals surface area contributed by atoms with Crippen LogP contribution < -0.4 is 5.32 Å². The van der Waals surface area contributed by atoms with E-state index in [-0.39, 0.29) is 11.9 Å². The maximum absolute atomic E-state index is 12.7. The van der Waals surface area contributed by atoms with Gasteiger partial charge in [0.05, 0.1) is 11.6 Å². The van der Waals surface area contributed by atoms with Gasteiger partial charge in [-0.15, -0.1) is 11.8 Å². The van der Waals surface area contributed by atoms with Gasteiger partial charge in [0.25, 0.3) is 5.91 Å². The Bertz CT molecular complexity index is 726. The summed E-state index contributed by atoms with van der Waals surface area (Å²) in [5.41, 5.74) is 4.95. The summed E-state index contributed by atoms with van der Waals surface area (Å²) in [7, 11) is 0. The molecule has 3 heteroatoms. The average Bonchev–Trinajstić information content (AvgIpc) is 2.65. The molecule has 0 aliphatic heterocycles. The molecule has 2 aromatic rings. The SMILES string of the molecule is CC[C@@H](NC(=O)c1ccccc1SC)c1ccc2c(c1)CCCC2. The van der Waals surface area contributed by atoms with E-state index in [9.17, 15) is 4.79 Å². The average molecular weight is 340 g/mol. The first-order valence-electron chi connectivity index (χ1n) is 8.78. The Morgan fingerprint density at radius 2 is 1.88 bits per heavy atom. The highest BCUT2D eigenvalue weighted by molar-refractivity contribution is 7.98. The van der Waals surface area contributed by atoms with Crippen LogP contribution in [0, 0.1) is 0 Å². The molecule has 0 bridgehead atoms. The normalized spacial score (nSPS) is 14.8. The Hall–Kier alpha value is -1.74. The predicted octanol–water partition coefficient (Wildman–Crippen LogP) is 5.17. The number of thioether (sulfide) groups is 1. The Morgan fingerprint density at radius 1 is 1.12 bits per heavy atom. The number of fused-ring (bicyclic) bond motifs is 1. The first kappa shape index (κ1) is 17.1. The van der Waals surface area contributed by atoms with Crippen LogP contribution in [0.5, 0.6) is 0 Å². The van der Waals surface area contributed by atoms with Gasteiger partial charge in [0.1, 0.15) is 0 Å². The third-order valence-electron chi connectivity index (χ3n) is 4.84. The van der Waals surface area contributed by atoms with Crippen molar-refractivity contribution in [2.75, 3.05) is 6.26 Å². The van der Waals surface area contributed by atoms with Gasteiger partial charge in [0.2, 0.25) is 0 Å². The molecule has 0 saturated heterocycles. The molecule has 126 valence electrons. The molecule has 0 spiro atoms. The molecule has 0 saturated carbocycles. The van der Waals surface area contributed by atoms with Crippen LogP contribution in [0.4, 0.5) is 0 Å². The molecule has 0 radical (unpaired) electrons. The summed E-state index contributed by atoms with van der Waals surface area (Å²) in [6.07, 6.45) is 7.84. The molecule has 1 amide bonds. The van der Waals surface area contributed by atoms with Gasteiger partial charge >= 0.3 is 0 Å². The molecule has 3 rings (SSSR count). The van der Waals surface area contributed by atoms with E-state index in [1.54, 1.807) is 11.8 Å². The first-order valence-corrected chi connectivity index (χ1v) is 10.0. The lowest BCUT2D eigenvalue weighted by Gasteiger charge is -2.22. The fraction of sp³-hybridized carbons (Fsp3) is 0.381. The maximum atomic E-state index is 12.7. The number of rotatable bonds is 5. The van der Waals surface area contributed by atoms with Crippen molar-refractivity contribution in [3.05, 3.63) is 64.7 Å². The minimum absolute atomic E-state index is 0.0181. The quantitative estimate of drug-likeness (QED) is 0.762. The summed E-state index contributed by atoms with van der Waals surface area (Å²) in [5.74, 6) is 0.0181. The van der Waals surface area contributed by atoms with Crippen LogP contribution in [0.1, 0.15) is 59.3 Å². The third kappa shape index (κ3) is 3.67. The van der Waals surface area contributed by atoms with Gasteiger partial charge in [-0.1, -0.05) is 37.3 Å². The first-order chi connectivity index (χ1) is 11.7. The minimum Gasteiger partial charge on any atom is -0.345 e. The predicted molar refractivity (Wildman–Crippen MR) is 102 cm³/mol. The molecule has 2 aromatic carbocycles. The van der Waals surface area contributed by atoms with Crippen molar-refractivity contribution in [1.29, 1.82) is 0 Å². The van der Waals surface area contributed by atoms with Crippen LogP contribution in [0.3, 0.4) is 0 Å². The molecule has 0 unspecified atom stereocenters. The number of amides is 1. The number of hydrogen-bond acceptors (Lipinski definition) is 2. The molecule has 2 nitrogen and oxygen atoms in total. The van der Waals surface area contributed by atoms with E-state index in [1.165, 1.54) is 42.4 Å². The number of carbonyl (C=O) groups excluding carboxylic acids is 1. The lowest BCUT2D eigenvalue weighted by Crippen LogP contribution is -2.28. The van der Waals surface area contributed by atoms with Crippen molar-refractivity contribution in [3.8, 4) is 0 Å². The lowest BCUT2D eigenvalue weighted by atomic mass is 9.88. The van der Waals surface area contributed by atoms with Crippen LogP contribution >= 0.6 is 11.8 Å². The van der Waals surface area contributed by atoms with Crippen LogP contribution in [0.15, 0.2) is 47.4 Å². The van der Waals surface area contributed by atoms with Crippen molar-refractivity contribution >= 4 is 17.7 Å². The van der Waals surface area contributed by atoms with E-state index in [2.05, 4.69) is 30.4 Å². The summed E-state index contributed by atoms with van der Waals surface area (Å²) in [5, 5.41) is 3.23. The lowest BCUT2D eigenvalue weighted by molar-refractivity contribution is 0.0932. The topological polar surface area (TPSA) is 29.1 Å². The van der Waals surface area contributed by atoms with Crippen LogP contribution in [-0.4, -0.2) is 12.2 Å². The standard InChI is InChI=1S/C21H25NOS/c1-3-19(17-13-12-15-8-4-5-9-16(15)14-17)22-21(23)18-10-6-7-11-20(18)24-2/h6-7,10-14,19H,3-5,8-9H2,1-2H3,(H,22,23)/t19-/m1/s1. The Morgan fingerprint density at radius 3 is 2.62 bits per heavy atom. The largest absolute Gasteiger partial charge is 0.345 e. The summed E-state index contributed by atoms with van der Waals surface area (Å²) < 4.78 is 0. The summed E-state index contributed by atoms with van der Waals surface area (Å²) in [4.78, 5) is 13.8. The molecule has 1 aliphatic rings. The summed E-state index contributed by atoms with van der Waals surface area (Å²) >= 11 is 1.61. The Kier molecular flexibility index (Phi) is 5.62. The van der Waals surface area contributed by atoms with Crippen LogP contribution in [-0.2, 0) is 12.8 Å². The molecule has 24 heavy (non-hydrogen) atoms. The van der Waals surface area contributed by atoms with Gasteiger partial charge in [0.15, 0.2) is 0 Å². The van der Waals surface area contributed by atoms with Crippen LogP contribution in [0.25, 0.3) is 0 Å². The highest BCUT2D eigenvalue weighted by atomic mass is 32.2. The third-order valence-corrected chi connectivity index (χ3v) is 5.64. The zero-order valence-corrected chi connectivity index (χ0v) is 15.3. The number of benzene rings is 2. The summed E-state index contributed by atoms with van der Waals surface area (Å²) in [6, 6.07) is 14.6. The van der Waals surface area contributed by atoms with E-state index >= 15 is 0 Å². The number of nitrogens with one attached hydrogen (secondary N) is 1. The van der Waals surface area contributed by atoms with Crippen molar-refractivity contribution < 1.29 is 4.79 Å². The molecule has 1 N–H and O–H groups in total. The highest BCUT2D eigenvalue weighted by Gasteiger charge is 2.18. The summed E-state index contributed by atoms with van der Waals surface area (Å²) in [6.45, 7) is 2.13. The Labute approximate surface area is 149 Å². The maximum Gasteiger partial charge on any atom is 0.252 e. The molecule has 0 aromatic heterocycles. The molecule has 1 aliphatic carbocycles. The number of hydrogen-bond donors (Lipinski definition) is 1. The highest BCUT2D eigenvalue weighted by Crippen LogP contribution is 2.27. The van der Waals surface area contributed by atoms with Crippen molar-refractivity contribution in [1.82, 2.24) is 5.32 Å². The van der Waals surface area contributed by atoms with E-state index in [0.29, 0.717) is 0 Å². The Balaban J connectivity index is 1.80. The minimum atomic E-state index is 0.0181. The van der Waals surface area contributed by atoms with E-state index in [0.717, 1.165) is 16.9 Å². The fourth-order valence-electron chi connectivity index (χ4n) is 3.46. The molecule has 1 atom stereocenters.